The summed E-state index contributed by atoms with van der Waals surface area (Å²) in [7, 11) is 5.37. The first-order chi connectivity index (χ1) is 14.5. The minimum absolute atomic E-state index is 0.00288. The Morgan fingerprint density at radius 3 is 2.61 bits per heavy atom. The van der Waals surface area contributed by atoms with Crippen molar-refractivity contribution in [3.8, 4) is 0 Å². The predicted octanol–water partition coefficient (Wildman–Crippen LogP) is 3.43. The predicted molar refractivity (Wildman–Crippen MR) is 119 cm³/mol. The smallest absolute Gasteiger partial charge is 0.330 e. The molecule has 3 aliphatic rings. The van der Waals surface area contributed by atoms with Gasteiger partial charge in [-0.05, 0) is 82.2 Å². The van der Waals surface area contributed by atoms with Crippen LogP contribution in [0.5, 0.6) is 0 Å². The fourth-order valence-electron chi connectivity index (χ4n) is 7.20. The number of ether oxygens (including phenoxy) is 2. The summed E-state index contributed by atoms with van der Waals surface area (Å²) in [5.74, 6) is 0.259. The van der Waals surface area contributed by atoms with Crippen molar-refractivity contribution in [1.29, 1.82) is 0 Å². The Hall–Kier alpha value is -1.40. The number of rotatable bonds is 5. The summed E-state index contributed by atoms with van der Waals surface area (Å²) in [5.41, 5.74) is 0.546. The zero-order valence-electron chi connectivity index (χ0n) is 20.1. The number of likely N-dealkylation sites (N-methyl/N-ethyl adjacent to an activating group) is 1. The Bertz CT molecular complexity index is 719. The lowest BCUT2D eigenvalue weighted by atomic mass is 9.42. The number of aliphatic hydroxyl groups excluding tert-OH is 1. The van der Waals surface area contributed by atoms with Gasteiger partial charge in [0, 0.05) is 12.6 Å². The number of nitrogens with zero attached hydrogens (tertiary/aromatic N) is 1. The van der Waals surface area contributed by atoms with Crippen molar-refractivity contribution in [2.45, 2.75) is 65.4 Å². The fraction of sp³-hybridized carbons (Fsp3) is 0.840. The monoisotopic (exact) mass is 435 g/mol. The highest BCUT2D eigenvalue weighted by Gasteiger charge is 2.62. The summed E-state index contributed by atoms with van der Waals surface area (Å²) in [6, 6.07) is 0. The number of esters is 2. The molecule has 176 valence electrons. The van der Waals surface area contributed by atoms with E-state index in [2.05, 4.69) is 13.8 Å². The van der Waals surface area contributed by atoms with Gasteiger partial charge in [-0.1, -0.05) is 25.8 Å². The topological polar surface area (TPSA) is 76.1 Å². The van der Waals surface area contributed by atoms with Crippen molar-refractivity contribution in [3.63, 3.8) is 0 Å². The Morgan fingerprint density at radius 2 is 1.97 bits per heavy atom. The highest BCUT2D eigenvalue weighted by atomic mass is 16.5. The van der Waals surface area contributed by atoms with E-state index in [-0.39, 0.29) is 35.1 Å². The van der Waals surface area contributed by atoms with Gasteiger partial charge in [-0.15, -0.1) is 0 Å². The Balaban J connectivity index is 1.80. The number of hydrogen-bond donors (Lipinski definition) is 1. The molecule has 3 rings (SSSR count). The molecule has 0 heterocycles. The summed E-state index contributed by atoms with van der Waals surface area (Å²) in [6.07, 6.45) is 6.49. The lowest BCUT2D eigenvalue weighted by molar-refractivity contribution is -0.189. The molecule has 6 nitrogen and oxygen atoms in total. The van der Waals surface area contributed by atoms with Gasteiger partial charge in [0.15, 0.2) is 0 Å². The standard InChI is InChI=1S/C25H41NO5/c1-16-17(14-21(28)31-13-12-26(4)5)8-9-18-22(16)19(27)15-20-24(18,2)10-7-11-25(20,3)23(29)30-6/h14,16,18-20,22,27H,7-13,15H2,1-6H3/b17-14+. The lowest BCUT2D eigenvalue weighted by Gasteiger charge is -2.62. The molecule has 6 heteroatoms. The molecule has 0 aromatic heterocycles. The van der Waals surface area contributed by atoms with E-state index in [1.165, 1.54) is 7.11 Å². The van der Waals surface area contributed by atoms with Crippen LogP contribution in [0.1, 0.15) is 59.3 Å². The minimum atomic E-state index is -0.538. The van der Waals surface area contributed by atoms with Crippen LogP contribution in [0.15, 0.2) is 11.6 Å². The molecular weight excluding hydrogens is 394 g/mol. The molecular formula is C25H41NO5. The molecule has 0 amide bonds. The fourth-order valence-corrected chi connectivity index (χ4v) is 7.20. The average Bonchev–Trinajstić information content (AvgIpc) is 2.70. The molecule has 0 saturated heterocycles. The van der Waals surface area contributed by atoms with Crippen molar-refractivity contribution in [3.05, 3.63) is 11.6 Å². The molecule has 3 saturated carbocycles. The molecule has 1 N–H and O–H groups in total. The SMILES string of the molecule is COC(=O)C1(C)CCCC2(C)C3CC/C(=C\C(=O)OCCN(C)C)C(C)C3C(O)CC12. The van der Waals surface area contributed by atoms with Gasteiger partial charge in [-0.2, -0.15) is 0 Å². The summed E-state index contributed by atoms with van der Waals surface area (Å²) in [4.78, 5) is 27.1. The van der Waals surface area contributed by atoms with Gasteiger partial charge in [0.25, 0.3) is 0 Å². The van der Waals surface area contributed by atoms with Crippen molar-refractivity contribution in [2.24, 2.45) is 34.5 Å². The van der Waals surface area contributed by atoms with Crippen molar-refractivity contribution < 1.29 is 24.2 Å². The number of hydrogen-bond acceptors (Lipinski definition) is 6. The number of aliphatic hydroxyl groups is 1. The molecule has 0 aliphatic heterocycles. The minimum Gasteiger partial charge on any atom is -0.469 e. The van der Waals surface area contributed by atoms with E-state index in [0.29, 0.717) is 25.5 Å². The first-order valence-electron chi connectivity index (χ1n) is 11.8. The first kappa shape index (κ1) is 24.2. The molecule has 0 aromatic carbocycles. The molecule has 31 heavy (non-hydrogen) atoms. The van der Waals surface area contributed by atoms with Gasteiger partial charge in [-0.3, -0.25) is 4.79 Å². The van der Waals surface area contributed by atoms with E-state index in [4.69, 9.17) is 9.47 Å². The van der Waals surface area contributed by atoms with Crippen LogP contribution in [0.4, 0.5) is 0 Å². The van der Waals surface area contributed by atoms with Crippen LogP contribution in [0.25, 0.3) is 0 Å². The maximum Gasteiger partial charge on any atom is 0.330 e. The Kier molecular flexibility index (Phi) is 7.21. The molecule has 3 fully saturated rings. The van der Waals surface area contributed by atoms with Crippen molar-refractivity contribution >= 4 is 11.9 Å². The molecule has 0 bridgehead atoms. The third-order valence-corrected chi connectivity index (χ3v) is 8.85. The van der Waals surface area contributed by atoms with Crippen LogP contribution >= 0.6 is 0 Å². The van der Waals surface area contributed by atoms with Crippen molar-refractivity contribution in [2.75, 3.05) is 34.4 Å². The Labute approximate surface area is 187 Å². The van der Waals surface area contributed by atoms with Crippen molar-refractivity contribution in [1.82, 2.24) is 4.90 Å². The number of allylic oxidation sites excluding steroid dienone is 1. The largest absolute Gasteiger partial charge is 0.469 e. The van der Waals surface area contributed by atoms with E-state index in [9.17, 15) is 14.7 Å². The van der Waals surface area contributed by atoms with Crippen LogP contribution in [-0.4, -0.2) is 62.4 Å². The van der Waals surface area contributed by atoms with E-state index in [0.717, 1.165) is 37.7 Å². The lowest BCUT2D eigenvalue weighted by Crippen LogP contribution is -2.60. The second-order valence-electron chi connectivity index (χ2n) is 10.8. The van der Waals surface area contributed by atoms with E-state index in [1.807, 2.05) is 25.9 Å². The van der Waals surface area contributed by atoms with E-state index >= 15 is 0 Å². The summed E-state index contributed by atoms with van der Waals surface area (Å²) >= 11 is 0. The molecule has 0 spiro atoms. The van der Waals surface area contributed by atoms with Gasteiger partial charge >= 0.3 is 11.9 Å². The molecule has 7 unspecified atom stereocenters. The van der Waals surface area contributed by atoms with Gasteiger partial charge in [-0.25, -0.2) is 4.79 Å². The maximum atomic E-state index is 12.8. The average molecular weight is 436 g/mol. The second-order valence-corrected chi connectivity index (χ2v) is 10.8. The first-order valence-corrected chi connectivity index (χ1v) is 11.8. The van der Waals surface area contributed by atoms with Crippen LogP contribution < -0.4 is 0 Å². The van der Waals surface area contributed by atoms with E-state index in [1.54, 1.807) is 6.08 Å². The van der Waals surface area contributed by atoms with E-state index < -0.39 is 11.5 Å². The summed E-state index contributed by atoms with van der Waals surface area (Å²) in [6.45, 7) is 7.59. The number of fused-ring (bicyclic) bond motifs is 3. The molecule has 0 radical (unpaired) electrons. The number of methoxy groups -OCH3 is 1. The third-order valence-electron chi connectivity index (χ3n) is 8.85. The molecule has 3 aliphatic carbocycles. The van der Waals surface area contributed by atoms with Gasteiger partial charge in [0.1, 0.15) is 6.61 Å². The summed E-state index contributed by atoms with van der Waals surface area (Å²) < 4.78 is 10.6. The quantitative estimate of drug-likeness (QED) is 0.527. The normalized spacial score (nSPS) is 41.4. The highest BCUT2D eigenvalue weighted by molar-refractivity contribution is 5.83. The van der Waals surface area contributed by atoms with Crippen LogP contribution in [0, 0.1) is 34.5 Å². The van der Waals surface area contributed by atoms with Crippen LogP contribution in [0.3, 0.4) is 0 Å². The van der Waals surface area contributed by atoms with Gasteiger partial charge < -0.3 is 19.5 Å². The van der Waals surface area contributed by atoms with Crippen LogP contribution in [0.2, 0.25) is 0 Å². The third kappa shape index (κ3) is 4.43. The summed E-state index contributed by atoms with van der Waals surface area (Å²) in [5, 5.41) is 11.3. The van der Waals surface area contributed by atoms with Gasteiger partial charge in [0.2, 0.25) is 0 Å². The zero-order chi connectivity index (χ0) is 23.0. The second kappa shape index (κ2) is 9.22. The maximum absolute atomic E-state index is 12.8. The molecule has 0 aromatic rings. The van der Waals surface area contributed by atoms with Gasteiger partial charge in [0.05, 0.1) is 18.6 Å². The Morgan fingerprint density at radius 1 is 1.26 bits per heavy atom. The molecule has 7 atom stereocenters. The number of carbonyl (C=O) groups excluding carboxylic acids is 2. The zero-order valence-corrected chi connectivity index (χ0v) is 20.1. The number of carbonyl (C=O) groups is 2. The highest BCUT2D eigenvalue weighted by Crippen LogP contribution is 2.65. The van der Waals surface area contributed by atoms with Crippen LogP contribution in [-0.2, 0) is 19.1 Å².